The topological polar surface area (TPSA) is 77.5 Å². The smallest absolute Gasteiger partial charge is 0.410 e. The first-order chi connectivity index (χ1) is 19.7. The monoisotopic (exact) mass is 569 g/mol. The standard InChI is InChI=1S/C34H51NO6/c1-6-7-8-9-16-21-28(36)25-40-32-30(39-24-27-19-14-11-15-20-27)22-29(38-23-26-17-12-10-13-18-26)31(32)35(5)33(37)41-34(2,3)4/h10-15,17-20,28-32,36H,6-9,16,21-25H2,1-5H3/t28?,29-,30+,31+,32+/m0/s1. The Bertz CT molecular complexity index is 995. The molecule has 1 aliphatic carbocycles. The minimum Gasteiger partial charge on any atom is -0.444 e. The van der Waals surface area contributed by atoms with Gasteiger partial charge in [0.05, 0.1) is 44.2 Å². The summed E-state index contributed by atoms with van der Waals surface area (Å²) in [6.07, 6.45) is 4.72. The summed E-state index contributed by atoms with van der Waals surface area (Å²) in [5, 5.41) is 10.8. The van der Waals surface area contributed by atoms with Crippen molar-refractivity contribution >= 4 is 6.09 Å². The van der Waals surface area contributed by atoms with E-state index in [1.54, 1.807) is 11.9 Å². The molecule has 7 heteroatoms. The number of carbonyl (C=O) groups excluding carboxylic acids is 1. The molecule has 2 aromatic rings. The van der Waals surface area contributed by atoms with Crippen LogP contribution in [0.5, 0.6) is 0 Å². The SMILES string of the molecule is CCCCCCCC(O)CO[C@H]1[C@H](N(C)C(=O)OC(C)(C)C)[C@@H](OCc2ccccc2)C[C@H]1OCc1ccccc1. The minimum absolute atomic E-state index is 0.174. The van der Waals surface area contributed by atoms with E-state index in [0.717, 1.165) is 24.0 Å². The molecule has 3 rings (SSSR count). The maximum atomic E-state index is 13.3. The van der Waals surface area contributed by atoms with E-state index in [0.29, 0.717) is 26.1 Å². The number of unbranched alkanes of at least 4 members (excludes halogenated alkanes) is 4. The van der Waals surface area contributed by atoms with Gasteiger partial charge in [-0.1, -0.05) is 99.7 Å². The fraction of sp³-hybridized carbons (Fsp3) is 0.618. The van der Waals surface area contributed by atoms with Crippen LogP contribution in [0.2, 0.25) is 0 Å². The van der Waals surface area contributed by atoms with E-state index in [1.807, 2.05) is 81.4 Å². The van der Waals surface area contributed by atoms with Gasteiger partial charge in [-0.25, -0.2) is 4.79 Å². The molecule has 0 aliphatic heterocycles. The number of aliphatic hydroxyl groups is 1. The second-order valence-electron chi connectivity index (χ2n) is 12.1. The maximum absolute atomic E-state index is 13.3. The minimum atomic E-state index is -0.641. The second kappa shape index (κ2) is 16.9. The first kappa shape index (κ1) is 33.1. The van der Waals surface area contributed by atoms with Gasteiger partial charge < -0.3 is 29.0 Å². The van der Waals surface area contributed by atoms with Gasteiger partial charge in [0, 0.05) is 13.5 Å². The Morgan fingerprint density at radius 1 is 0.878 bits per heavy atom. The molecule has 1 amide bonds. The van der Waals surface area contributed by atoms with Gasteiger partial charge in [0.1, 0.15) is 11.7 Å². The van der Waals surface area contributed by atoms with Crippen LogP contribution in [0.3, 0.4) is 0 Å². The van der Waals surface area contributed by atoms with Gasteiger partial charge in [0.15, 0.2) is 0 Å². The van der Waals surface area contributed by atoms with Crippen LogP contribution in [0, 0.1) is 0 Å². The van der Waals surface area contributed by atoms with E-state index >= 15 is 0 Å². The lowest BCUT2D eigenvalue weighted by molar-refractivity contribution is -0.106. The third-order valence-corrected chi connectivity index (χ3v) is 7.41. The molecular formula is C34H51NO6. The number of carbonyl (C=O) groups is 1. The second-order valence-corrected chi connectivity index (χ2v) is 12.1. The van der Waals surface area contributed by atoms with Crippen molar-refractivity contribution < 1.29 is 28.8 Å². The van der Waals surface area contributed by atoms with Crippen molar-refractivity contribution in [1.29, 1.82) is 0 Å². The molecule has 1 saturated carbocycles. The zero-order valence-corrected chi connectivity index (χ0v) is 25.7. The molecule has 0 radical (unpaired) electrons. The number of benzene rings is 2. The van der Waals surface area contributed by atoms with Gasteiger partial charge >= 0.3 is 6.09 Å². The van der Waals surface area contributed by atoms with Crippen LogP contribution in [0.25, 0.3) is 0 Å². The first-order valence-electron chi connectivity index (χ1n) is 15.2. The van der Waals surface area contributed by atoms with Gasteiger partial charge in [-0.2, -0.15) is 0 Å². The predicted molar refractivity (Wildman–Crippen MR) is 162 cm³/mol. The number of likely N-dealkylation sites (N-methyl/N-ethyl adjacent to an activating group) is 1. The van der Waals surface area contributed by atoms with Crippen molar-refractivity contribution in [3.8, 4) is 0 Å². The molecule has 2 aromatic carbocycles. The van der Waals surface area contributed by atoms with Gasteiger partial charge in [-0.3, -0.25) is 0 Å². The van der Waals surface area contributed by atoms with Crippen LogP contribution in [0.1, 0.15) is 83.8 Å². The van der Waals surface area contributed by atoms with E-state index in [1.165, 1.54) is 19.3 Å². The van der Waals surface area contributed by atoms with Crippen LogP contribution < -0.4 is 0 Å². The molecule has 1 aliphatic rings. The van der Waals surface area contributed by atoms with E-state index in [4.69, 9.17) is 18.9 Å². The molecule has 0 aromatic heterocycles. The van der Waals surface area contributed by atoms with E-state index < -0.39 is 29.9 Å². The molecule has 1 unspecified atom stereocenters. The molecule has 0 saturated heterocycles. The van der Waals surface area contributed by atoms with Crippen LogP contribution in [0.4, 0.5) is 4.79 Å². The average Bonchev–Trinajstić information content (AvgIpc) is 3.30. The quantitative estimate of drug-likeness (QED) is 0.222. The average molecular weight is 570 g/mol. The Balaban J connectivity index is 1.77. The summed E-state index contributed by atoms with van der Waals surface area (Å²) in [7, 11) is 1.73. The first-order valence-corrected chi connectivity index (χ1v) is 15.2. The number of hydrogen-bond donors (Lipinski definition) is 1. The molecule has 1 N–H and O–H groups in total. The van der Waals surface area contributed by atoms with E-state index in [-0.39, 0.29) is 18.8 Å². The molecule has 0 bridgehead atoms. The largest absolute Gasteiger partial charge is 0.444 e. The van der Waals surface area contributed by atoms with Gasteiger partial charge in [-0.05, 0) is 38.3 Å². The fourth-order valence-corrected chi connectivity index (χ4v) is 5.24. The lowest BCUT2D eigenvalue weighted by atomic mass is 10.1. The molecule has 1 fully saturated rings. The number of amides is 1. The normalized spacial score (nSPS) is 21.5. The third-order valence-electron chi connectivity index (χ3n) is 7.41. The van der Waals surface area contributed by atoms with Crippen LogP contribution in [-0.2, 0) is 32.2 Å². The summed E-state index contributed by atoms with van der Waals surface area (Å²) < 4.78 is 25.1. The highest BCUT2D eigenvalue weighted by Crippen LogP contribution is 2.34. The molecular weight excluding hydrogens is 518 g/mol. The van der Waals surface area contributed by atoms with Gasteiger partial charge in [0.2, 0.25) is 0 Å². The van der Waals surface area contributed by atoms with Crippen LogP contribution in [0.15, 0.2) is 60.7 Å². The summed E-state index contributed by atoms with van der Waals surface area (Å²) in [5.41, 5.74) is 1.47. The van der Waals surface area contributed by atoms with Crippen molar-refractivity contribution in [3.05, 3.63) is 71.8 Å². The van der Waals surface area contributed by atoms with Gasteiger partial charge in [0.25, 0.3) is 0 Å². The number of ether oxygens (including phenoxy) is 4. The fourth-order valence-electron chi connectivity index (χ4n) is 5.24. The molecule has 7 nitrogen and oxygen atoms in total. The lowest BCUT2D eigenvalue weighted by Crippen LogP contribution is -2.52. The van der Waals surface area contributed by atoms with Crippen LogP contribution >= 0.6 is 0 Å². The Morgan fingerprint density at radius 2 is 1.44 bits per heavy atom. The molecule has 41 heavy (non-hydrogen) atoms. The summed E-state index contributed by atoms with van der Waals surface area (Å²) >= 11 is 0. The van der Waals surface area contributed by atoms with Crippen molar-refractivity contribution in [1.82, 2.24) is 4.90 Å². The molecule has 228 valence electrons. The van der Waals surface area contributed by atoms with Crippen molar-refractivity contribution in [2.75, 3.05) is 13.7 Å². The Kier molecular flexibility index (Phi) is 13.6. The highest BCUT2D eigenvalue weighted by atomic mass is 16.6. The lowest BCUT2D eigenvalue weighted by Gasteiger charge is -2.35. The molecule has 0 spiro atoms. The molecule has 0 heterocycles. The predicted octanol–water partition coefficient (Wildman–Crippen LogP) is 6.90. The summed E-state index contributed by atoms with van der Waals surface area (Å²) in [6.45, 7) is 8.76. The number of rotatable bonds is 16. The van der Waals surface area contributed by atoms with Crippen molar-refractivity contribution in [2.24, 2.45) is 0 Å². The van der Waals surface area contributed by atoms with E-state index in [2.05, 4.69) is 6.92 Å². The summed E-state index contributed by atoms with van der Waals surface area (Å²) in [4.78, 5) is 14.9. The summed E-state index contributed by atoms with van der Waals surface area (Å²) in [6, 6.07) is 19.6. The van der Waals surface area contributed by atoms with Crippen LogP contribution in [-0.4, -0.2) is 65.8 Å². The molecule has 5 atom stereocenters. The zero-order chi connectivity index (χ0) is 29.7. The third kappa shape index (κ3) is 11.4. The van der Waals surface area contributed by atoms with E-state index in [9.17, 15) is 9.90 Å². The Labute approximate surface area is 247 Å². The van der Waals surface area contributed by atoms with Crippen molar-refractivity contribution in [2.45, 2.75) is 122 Å². The van der Waals surface area contributed by atoms with Gasteiger partial charge in [-0.15, -0.1) is 0 Å². The number of hydrogen-bond acceptors (Lipinski definition) is 6. The highest BCUT2D eigenvalue weighted by Gasteiger charge is 2.49. The number of nitrogens with zero attached hydrogens (tertiary/aromatic N) is 1. The Morgan fingerprint density at radius 3 is 2.00 bits per heavy atom. The van der Waals surface area contributed by atoms with Crippen molar-refractivity contribution in [3.63, 3.8) is 0 Å². The number of aliphatic hydroxyl groups excluding tert-OH is 1. The maximum Gasteiger partial charge on any atom is 0.410 e. The summed E-state index contributed by atoms with van der Waals surface area (Å²) in [5.74, 6) is 0. The highest BCUT2D eigenvalue weighted by molar-refractivity contribution is 5.68. The Hall–Kier alpha value is -2.45. The zero-order valence-electron chi connectivity index (χ0n) is 25.7.